The highest BCUT2D eigenvalue weighted by Gasteiger charge is 2.31. The van der Waals surface area contributed by atoms with Crippen LogP contribution in [0.4, 0.5) is 0 Å². The van der Waals surface area contributed by atoms with Gasteiger partial charge in [-0.2, -0.15) is 0 Å². The van der Waals surface area contributed by atoms with Crippen LogP contribution >= 0.6 is 0 Å². The second-order valence-electron chi connectivity index (χ2n) is 7.32. The summed E-state index contributed by atoms with van der Waals surface area (Å²) in [5.41, 5.74) is 0.298. The molecule has 0 bridgehead atoms. The van der Waals surface area contributed by atoms with Crippen molar-refractivity contribution < 1.29 is 9.47 Å². The van der Waals surface area contributed by atoms with E-state index in [9.17, 15) is 0 Å². The maximum atomic E-state index is 5.70. The first-order valence-corrected chi connectivity index (χ1v) is 7.55. The highest BCUT2D eigenvalue weighted by molar-refractivity contribution is 4.86. The third-order valence-electron chi connectivity index (χ3n) is 4.18. The van der Waals surface area contributed by atoms with Crippen LogP contribution in [0.25, 0.3) is 0 Å². The van der Waals surface area contributed by atoms with Crippen molar-refractivity contribution in [2.24, 2.45) is 0 Å². The van der Waals surface area contributed by atoms with Gasteiger partial charge in [0.05, 0.1) is 19.3 Å². The summed E-state index contributed by atoms with van der Waals surface area (Å²) >= 11 is 0. The van der Waals surface area contributed by atoms with Gasteiger partial charge in [-0.25, -0.2) is 0 Å². The lowest BCUT2D eigenvalue weighted by Gasteiger charge is -2.43. The summed E-state index contributed by atoms with van der Waals surface area (Å²) in [6.07, 6.45) is 2.44. The molecule has 0 aromatic rings. The summed E-state index contributed by atoms with van der Waals surface area (Å²) in [5, 5.41) is 3.69. The minimum atomic E-state index is -0.409. The molecule has 19 heavy (non-hydrogen) atoms. The fraction of sp³-hybridized carbons (Fsp3) is 1.00. The summed E-state index contributed by atoms with van der Waals surface area (Å²) in [6, 6.07) is 0.955. The Hall–Kier alpha value is -0.160. The third-order valence-corrected chi connectivity index (χ3v) is 4.18. The zero-order chi connectivity index (χ0) is 14.1. The van der Waals surface area contributed by atoms with E-state index < -0.39 is 5.79 Å². The van der Waals surface area contributed by atoms with Crippen LogP contribution in [-0.2, 0) is 9.47 Å². The Morgan fingerprint density at radius 3 is 2.00 bits per heavy atom. The summed E-state index contributed by atoms with van der Waals surface area (Å²) in [4.78, 5) is 2.57. The monoisotopic (exact) mass is 270 g/mol. The molecule has 0 unspecified atom stereocenters. The SMILES string of the molecule is CC1(C)OCC(NC2CCN(C(C)(C)C)CC2)CO1. The van der Waals surface area contributed by atoms with E-state index in [-0.39, 0.29) is 0 Å². The van der Waals surface area contributed by atoms with Gasteiger partial charge < -0.3 is 14.8 Å². The number of rotatable bonds is 2. The molecule has 0 amide bonds. The summed E-state index contributed by atoms with van der Waals surface area (Å²) < 4.78 is 11.4. The molecule has 2 aliphatic heterocycles. The number of nitrogens with one attached hydrogen (secondary N) is 1. The Balaban J connectivity index is 1.72. The molecule has 2 rings (SSSR count). The third kappa shape index (κ3) is 4.42. The zero-order valence-electron chi connectivity index (χ0n) is 13.2. The van der Waals surface area contributed by atoms with Crippen molar-refractivity contribution in [2.75, 3.05) is 26.3 Å². The molecule has 2 fully saturated rings. The van der Waals surface area contributed by atoms with E-state index in [0.29, 0.717) is 17.6 Å². The Morgan fingerprint density at radius 1 is 1.00 bits per heavy atom. The van der Waals surface area contributed by atoms with Crippen molar-refractivity contribution in [3.8, 4) is 0 Å². The van der Waals surface area contributed by atoms with Gasteiger partial charge in [-0.3, -0.25) is 4.90 Å². The highest BCUT2D eigenvalue weighted by atomic mass is 16.7. The minimum absolute atomic E-state index is 0.298. The van der Waals surface area contributed by atoms with Crippen molar-refractivity contribution in [2.45, 2.75) is 70.9 Å². The van der Waals surface area contributed by atoms with Crippen molar-refractivity contribution in [3.63, 3.8) is 0 Å². The fourth-order valence-electron chi connectivity index (χ4n) is 2.84. The van der Waals surface area contributed by atoms with Gasteiger partial charge in [-0.1, -0.05) is 0 Å². The van der Waals surface area contributed by atoms with E-state index in [2.05, 4.69) is 31.0 Å². The molecule has 2 heterocycles. The van der Waals surface area contributed by atoms with Gasteiger partial charge in [0.1, 0.15) is 0 Å². The molecule has 0 spiro atoms. The first-order valence-electron chi connectivity index (χ1n) is 7.55. The lowest BCUT2D eigenvalue weighted by molar-refractivity contribution is -0.253. The predicted molar refractivity (Wildman–Crippen MR) is 77.3 cm³/mol. The Kier molecular flexibility index (Phi) is 4.56. The van der Waals surface area contributed by atoms with Crippen LogP contribution in [0, 0.1) is 0 Å². The van der Waals surface area contributed by atoms with Gasteiger partial charge in [0.2, 0.25) is 0 Å². The van der Waals surface area contributed by atoms with Gasteiger partial charge in [0, 0.05) is 24.7 Å². The van der Waals surface area contributed by atoms with Crippen LogP contribution in [0.3, 0.4) is 0 Å². The largest absolute Gasteiger partial charge is 0.349 e. The first kappa shape index (κ1) is 15.2. The zero-order valence-corrected chi connectivity index (χ0v) is 13.2. The lowest BCUT2D eigenvalue weighted by Crippen LogP contribution is -2.55. The molecular weight excluding hydrogens is 240 g/mol. The topological polar surface area (TPSA) is 33.7 Å². The summed E-state index contributed by atoms with van der Waals surface area (Å²) in [6.45, 7) is 14.7. The summed E-state index contributed by atoms with van der Waals surface area (Å²) in [5.74, 6) is -0.409. The van der Waals surface area contributed by atoms with Crippen LogP contribution in [0.5, 0.6) is 0 Å². The number of piperidine rings is 1. The van der Waals surface area contributed by atoms with Gasteiger partial charge in [0.15, 0.2) is 5.79 Å². The fourth-order valence-corrected chi connectivity index (χ4v) is 2.84. The van der Waals surface area contributed by atoms with Crippen LogP contribution in [0.1, 0.15) is 47.5 Å². The number of ether oxygens (including phenoxy) is 2. The highest BCUT2D eigenvalue weighted by Crippen LogP contribution is 2.22. The summed E-state index contributed by atoms with van der Waals surface area (Å²) in [7, 11) is 0. The van der Waals surface area contributed by atoms with E-state index in [1.165, 1.54) is 25.9 Å². The minimum Gasteiger partial charge on any atom is -0.349 e. The normalized spacial score (nSPS) is 27.6. The quantitative estimate of drug-likeness (QED) is 0.832. The van der Waals surface area contributed by atoms with E-state index in [4.69, 9.17) is 9.47 Å². The van der Waals surface area contributed by atoms with Crippen molar-refractivity contribution in [1.29, 1.82) is 0 Å². The second-order valence-corrected chi connectivity index (χ2v) is 7.32. The molecule has 0 aromatic heterocycles. The molecule has 1 N–H and O–H groups in total. The van der Waals surface area contributed by atoms with E-state index in [0.717, 1.165) is 13.2 Å². The van der Waals surface area contributed by atoms with Gasteiger partial charge in [-0.05, 0) is 47.5 Å². The second kappa shape index (κ2) is 5.68. The number of likely N-dealkylation sites (tertiary alicyclic amines) is 1. The Bertz CT molecular complexity index is 281. The Morgan fingerprint density at radius 2 is 1.53 bits per heavy atom. The lowest BCUT2D eigenvalue weighted by atomic mass is 9.97. The van der Waals surface area contributed by atoms with Crippen LogP contribution in [0.2, 0.25) is 0 Å². The van der Waals surface area contributed by atoms with Crippen molar-refractivity contribution >= 4 is 0 Å². The van der Waals surface area contributed by atoms with E-state index >= 15 is 0 Å². The van der Waals surface area contributed by atoms with Crippen molar-refractivity contribution in [1.82, 2.24) is 10.2 Å². The molecule has 0 atom stereocenters. The maximum absolute atomic E-state index is 5.70. The molecule has 2 saturated heterocycles. The smallest absolute Gasteiger partial charge is 0.162 e. The van der Waals surface area contributed by atoms with Crippen LogP contribution in [0.15, 0.2) is 0 Å². The Labute approximate surface area is 117 Å². The molecule has 0 radical (unpaired) electrons. The number of nitrogens with zero attached hydrogens (tertiary/aromatic N) is 1. The first-order chi connectivity index (χ1) is 8.76. The molecule has 0 aliphatic carbocycles. The van der Waals surface area contributed by atoms with Crippen molar-refractivity contribution in [3.05, 3.63) is 0 Å². The average molecular weight is 270 g/mol. The number of hydrogen-bond acceptors (Lipinski definition) is 4. The molecule has 4 nitrogen and oxygen atoms in total. The van der Waals surface area contributed by atoms with Crippen LogP contribution in [-0.4, -0.2) is 54.6 Å². The number of hydrogen-bond donors (Lipinski definition) is 1. The van der Waals surface area contributed by atoms with Gasteiger partial charge in [0.25, 0.3) is 0 Å². The van der Waals surface area contributed by atoms with Gasteiger partial charge in [-0.15, -0.1) is 0 Å². The molecule has 2 aliphatic rings. The van der Waals surface area contributed by atoms with E-state index in [1.54, 1.807) is 0 Å². The predicted octanol–water partition coefficient (Wildman–Crippen LogP) is 1.99. The standard InChI is InChI=1S/C15H30N2O2/c1-14(2,3)17-8-6-12(7-9-17)16-13-10-18-15(4,5)19-11-13/h12-13,16H,6-11H2,1-5H3. The molecule has 112 valence electrons. The molecule has 0 saturated carbocycles. The maximum Gasteiger partial charge on any atom is 0.162 e. The molecular formula is C15H30N2O2. The van der Waals surface area contributed by atoms with E-state index in [1.807, 2.05) is 13.8 Å². The van der Waals surface area contributed by atoms with Gasteiger partial charge >= 0.3 is 0 Å². The molecule has 0 aromatic carbocycles. The van der Waals surface area contributed by atoms with Crippen LogP contribution < -0.4 is 5.32 Å². The average Bonchev–Trinajstić information content (AvgIpc) is 2.31. The molecule has 4 heteroatoms.